The molecule has 1 spiro atoms. The molecule has 3 aromatic rings. The smallest absolute Gasteiger partial charge is 0.412 e. The molecule has 2 unspecified atom stereocenters. The number of hydrogen-bond donors (Lipinski definition) is 4. The van der Waals surface area contributed by atoms with Gasteiger partial charge in [0, 0.05) is 73.9 Å². The van der Waals surface area contributed by atoms with Crippen molar-refractivity contribution in [2.24, 2.45) is 0 Å². The summed E-state index contributed by atoms with van der Waals surface area (Å²) in [4.78, 5) is 56.1. The number of hydrogen-bond acceptors (Lipinski definition) is 8. The lowest BCUT2D eigenvalue weighted by atomic mass is 9.90. The Morgan fingerprint density at radius 3 is 2.53 bits per heavy atom. The van der Waals surface area contributed by atoms with Crippen molar-refractivity contribution in [2.75, 3.05) is 63.1 Å². The number of ether oxygens (including phenoxy) is 2. The van der Waals surface area contributed by atoms with Crippen LogP contribution in [0.15, 0.2) is 72.8 Å². The van der Waals surface area contributed by atoms with E-state index in [-0.39, 0.29) is 25.5 Å². The average Bonchev–Trinajstić information content (AvgIpc) is 3.49. The number of nitrogens with one attached hydrogen (secondary N) is 4. The van der Waals surface area contributed by atoms with Gasteiger partial charge in [0.1, 0.15) is 12.6 Å². The van der Waals surface area contributed by atoms with Crippen molar-refractivity contribution < 1.29 is 28.7 Å². The number of halogens is 1. The molecule has 0 aromatic heterocycles. The van der Waals surface area contributed by atoms with Gasteiger partial charge in [0.05, 0.1) is 12.2 Å². The summed E-state index contributed by atoms with van der Waals surface area (Å²) in [5.41, 5.74) is 1.93. The second kappa shape index (κ2) is 14.4. The third kappa shape index (κ3) is 7.84. The number of carbonyl (C=O) groups is 4. The van der Waals surface area contributed by atoms with Crippen molar-refractivity contribution in [1.29, 1.82) is 0 Å². The summed E-state index contributed by atoms with van der Waals surface area (Å²) in [5, 5.41) is 12.1. The van der Waals surface area contributed by atoms with Gasteiger partial charge in [-0.1, -0.05) is 41.9 Å². The SMILES string of the molecule is O=C(Nc1ccc(C(=O)NC(Cc2ccccc2)C(=O)N2CCC3(C2)OC(=O)Nc2ccc(Cl)cc23)cc1)OCCN1CCNCC1. The first-order valence-electron chi connectivity index (χ1n) is 15.7. The van der Waals surface area contributed by atoms with Crippen LogP contribution >= 0.6 is 11.6 Å². The summed E-state index contributed by atoms with van der Waals surface area (Å²) in [5.74, 6) is -0.733. The molecule has 3 aromatic carbocycles. The van der Waals surface area contributed by atoms with E-state index in [4.69, 9.17) is 21.1 Å². The first-order chi connectivity index (χ1) is 22.8. The van der Waals surface area contributed by atoms with Crippen LogP contribution in [0, 0.1) is 0 Å². The molecule has 4 amide bonds. The number of rotatable bonds is 9. The van der Waals surface area contributed by atoms with E-state index in [9.17, 15) is 19.2 Å². The molecule has 2 fully saturated rings. The highest BCUT2D eigenvalue weighted by molar-refractivity contribution is 6.30. The third-order valence-corrected chi connectivity index (χ3v) is 8.91. The highest BCUT2D eigenvalue weighted by Gasteiger charge is 2.49. The molecule has 3 aliphatic rings. The fourth-order valence-corrected chi connectivity index (χ4v) is 6.39. The molecule has 246 valence electrons. The molecule has 3 heterocycles. The standard InChI is InChI=1S/C34H37ClN6O6/c35-25-8-11-28-27(21-25)34(47-33(45)39-28)12-15-41(22-34)31(43)29(20-23-4-2-1-3-5-23)38-30(42)24-6-9-26(10-7-24)37-32(44)46-19-18-40-16-13-36-14-17-40/h1-11,21,29,36H,12-20,22H2,(H,37,44)(H,38,42)(H,39,45). The molecule has 4 N–H and O–H groups in total. The van der Waals surface area contributed by atoms with Gasteiger partial charge in [-0.05, 0) is 48.0 Å². The molecule has 0 radical (unpaired) electrons. The molecule has 6 rings (SSSR count). The Morgan fingerprint density at radius 2 is 1.77 bits per heavy atom. The van der Waals surface area contributed by atoms with Gasteiger partial charge in [-0.15, -0.1) is 0 Å². The molecule has 0 aliphatic carbocycles. The zero-order chi connectivity index (χ0) is 32.8. The van der Waals surface area contributed by atoms with E-state index in [0.29, 0.717) is 47.0 Å². The molecule has 0 saturated carbocycles. The minimum Gasteiger partial charge on any atom is -0.448 e. The lowest BCUT2D eigenvalue weighted by molar-refractivity contribution is -0.133. The Morgan fingerprint density at radius 1 is 1.00 bits per heavy atom. The van der Waals surface area contributed by atoms with Crippen molar-refractivity contribution >= 4 is 47.0 Å². The van der Waals surface area contributed by atoms with Crippen LogP contribution in [0.2, 0.25) is 5.02 Å². The fraction of sp³-hybridized carbons (Fsp3) is 0.353. The second-order valence-electron chi connectivity index (χ2n) is 11.9. The number of likely N-dealkylation sites (tertiary alicyclic amines) is 1. The van der Waals surface area contributed by atoms with Crippen molar-refractivity contribution in [3.63, 3.8) is 0 Å². The minimum absolute atomic E-state index is 0.124. The predicted octanol–water partition coefficient (Wildman–Crippen LogP) is 3.82. The van der Waals surface area contributed by atoms with Crippen LogP contribution in [0.4, 0.5) is 21.0 Å². The monoisotopic (exact) mass is 660 g/mol. The second-order valence-corrected chi connectivity index (χ2v) is 12.3. The maximum atomic E-state index is 14.0. The number of benzene rings is 3. The molecular weight excluding hydrogens is 624 g/mol. The number of nitrogens with zero attached hydrogens (tertiary/aromatic N) is 2. The maximum Gasteiger partial charge on any atom is 0.412 e. The molecule has 0 bridgehead atoms. The number of anilines is 2. The molecule has 47 heavy (non-hydrogen) atoms. The quantitative estimate of drug-likeness (QED) is 0.272. The summed E-state index contributed by atoms with van der Waals surface area (Å²) in [6, 6.07) is 20.1. The van der Waals surface area contributed by atoms with E-state index in [1.54, 1.807) is 47.4 Å². The van der Waals surface area contributed by atoms with Crippen LogP contribution in [0.1, 0.15) is 27.9 Å². The first-order valence-corrected chi connectivity index (χ1v) is 16.1. The molecular formula is C34H37ClN6O6. The minimum atomic E-state index is -1.05. The Kier molecular flexibility index (Phi) is 9.90. The predicted molar refractivity (Wildman–Crippen MR) is 177 cm³/mol. The van der Waals surface area contributed by atoms with E-state index >= 15 is 0 Å². The van der Waals surface area contributed by atoms with Gasteiger partial charge in [-0.3, -0.25) is 25.1 Å². The van der Waals surface area contributed by atoms with Gasteiger partial charge in [0.15, 0.2) is 5.60 Å². The van der Waals surface area contributed by atoms with Gasteiger partial charge in [-0.2, -0.15) is 0 Å². The zero-order valence-corrected chi connectivity index (χ0v) is 26.6. The number of amides is 4. The Labute approximate surface area is 277 Å². The van der Waals surface area contributed by atoms with Crippen LogP contribution in [0.3, 0.4) is 0 Å². The Balaban J connectivity index is 1.10. The van der Waals surface area contributed by atoms with E-state index in [2.05, 4.69) is 26.2 Å². The normalized spacial score (nSPS) is 19.7. The Hall–Kier alpha value is -4.65. The van der Waals surface area contributed by atoms with Gasteiger partial charge >= 0.3 is 12.2 Å². The third-order valence-electron chi connectivity index (χ3n) is 8.67. The van der Waals surface area contributed by atoms with Gasteiger partial charge in [-0.25, -0.2) is 9.59 Å². The summed E-state index contributed by atoms with van der Waals surface area (Å²) in [6.45, 7) is 5.08. The topological polar surface area (TPSA) is 141 Å². The first kappa shape index (κ1) is 32.3. The average molecular weight is 661 g/mol. The van der Waals surface area contributed by atoms with E-state index < -0.39 is 29.7 Å². The summed E-state index contributed by atoms with van der Waals surface area (Å²) in [7, 11) is 0. The molecule has 13 heteroatoms. The lowest BCUT2D eigenvalue weighted by Gasteiger charge is -2.35. The lowest BCUT2D eigenvalue weighted by Crippen LogP contribution is -2.50. The van der Waals surface area contributed by atoms with E-state index in [1.165, 1.54) is 0 Å². The summed E-state index contributed by atoms with van der Waals surface area (Å²) < 4.78 is 11.1. The van der Waals surface area contributed by atoms with E-state index in [1.807, 2.05) is 30.3 Å². The van der Waals surface area contributed by atoms with Crippen molar-refractivity contribution in [3.05, 3.63) is 94.5 Å². The van der Waals surface area contributed by atoms with Gasteiger partial charge in [0.25, 0.3) is 5.91 Å². The van der Waals surface area contributed by atoms with Gasteiger partial charge in [0.2, 0.25) is 5.91 Å². The van der Waals surface area contributed by atoms with Crippen LogP contribution in [-0.2, 0) is 26.3 Å². The number of carbonyl (C=O) groups excluding carboxylic acids is 4. The largest absolute Gasteiger partial charge is 0.448 e. The van der Waals surface area contributed by atoms with Crippen molar-refractivity contribution in [2.45, 2.75) is 24.5 Å². The number of fused-ring (bicyclic) bond motifs is 2. The van der Waals surface area contributed by atoms with Crippen LogP contribution < -0.4 is 21.3 Å². The van der Waals surface area contributed by atoms with Gasteiger partial charge < -0.3 is 25.0 Å². The highest BCUT2D eigenvalue weighted by atomic mass is 35.5. The van der Waals surface area contributed by atoms with Crippen LogP contribution in [-0.4, -0.2) is 92.3 Å². The molecule has 3 aliphatic heterocycles. The highest BCUT2D eigenvalue weighted by Crippen LogP contribution is 2.44. The molecule has 2 atom stereocenters. The summed E-state index contributed by atoms with van der Waals surface area (Å²) in [6.07, 6.45) is -0.515. The molecule has 12 nitrogen and oxygen atoms in total. The van der Waals surface area contributed by atoms with Crippen LogP contribution in [0.25, 0.3) is 0 Å². The fourth-order valence-electron chi connectivity index (χ4n) is 6.22. The summed E-state index contributed by atoms with van der Waals surface area (Å²) >= 11 is 6.28. The zero-order valence-electron chi connectivity index (χ0n) is 25.8. The maximum absolute atomic E-state index is 14.0. The number of piperazine rings is 1. The Bertz CT molecular complexity index is 1620. The molecule has 2 saturated heterocycles. The van der Waals surface area contributed by atoms with Crippen molar-refractivity contribution in [3.8, 4) is 0 Å². The van der Waals surface area contributed by atoms with Crippen LogP contribution in [0.5, 0.6) is 0 Å². The van der Waals surface area contributed by atoms with E-state index in [0.717, 1.165) is 31.7 Å². The van der Waals surface area contributed by atoms with Crippen molar-refractivity contribution in [1.82, 2.24) is 20.4 Å².